The minimum Gasteiger partial charge on any atom is -0.392 e. The Morgan fingerprint density at radius 1 is 1.05 bits per heavy atom. The van der Waals surface area contributed by atoms with Crippen LogP contribution < -0.4 is 0 Å². The molecular formula is C15H12F2O2. The molecule has 0 radical (unpaired) electrons. The maximum Gasteiger partial charge on any atom is 0.193 e. The summed E-state index contributed by atoms with van der Waals surface area (Å²) in [5.74, 6) is -2.41. The second kappa shape index (κ2) is 5.28. The van der Waals surface area contributed by atoms with E-state index >= 15 is 0 Å². The fraction of sp³-hybridized carbons (Fsp3) is 0.133. The Morgan fingerprint density at radius 2 is 1.68 bits per heavy atom. The molecule has 0 heterocycles. The number of hydrogen-bond acceptors (Lipinski definition) is 2. The van der Waals surface area contributed by atoms with Gasteiger partial charge in [-0.3, -0.25) is 4.79 Å². The zero-order chi connectivity index (χ0) is 14.0. The average Bonchev–Trinajstić information content (AvgIpc) is 2.41. The van der Waals surface area contributed by atoms with Crippen molar-refractivity contribution in [2.45, 2.75) is 13.5 Å². The molecule has 0 aliphatic carbocycles. The van der Waals surface area contributed by atoms with Gasteiger partial charge in [-0.15, -0.1) is 0 Å². The minimum absolute atomic E-state index is 0.0926. The van der Waals surface area contributed by atoms with Crippen LogP contribution in [0.15, 0.2) is 36.4 Å². The van der Waals surface area contributed by atoms with E-state index in [4.69, 9.17) is 5.11 Å². The van der Waals surface area contributed by atoms with E-state index in [-0.39, 0.29) is 18.0 Å². The number of aliphatic hydroxyl groups is 1. The highest BCUT2D eigenvalue weighted by Gasteiger charge is 2.12. The smallest absolute Gasteiger partial charge is 0.193 e. The second-order valence-corrected chi connectivity index (χ2v) is 4.26. The fourth-order valence-electron chi connectivity index (χ4n) is 1.82. The van der Waals surface area contributed by atoms with Gasteiger partial charge in [0.15, 0.2) is 17.4 Å². The van der Waals surface area contributed by atoms with Crippen molar-refractivity contribution in [1.82, 2.24) is 0 Å². The van der Waals surface area contributed by atoms with Gasteiger partial charge in [0.05, 0.1) is 6.61 Å². The van der Waals surface area contributed by atoms with Gasteiger partial charge in [-0.1, -0.05) is 12.1 Å². The van der Waals surface area contributed by atoms with Gasteiger partial charge in [0, 0.05) is 11.1 Å². The number of carbonyl (C=O) groups excluding carboxylic acids is 1. The van der Waals surface area contributed by atoms with Gasteiger partial charge in [0.1, 0.15) is 0 Å². The summed E-state index contributed by atoms with van der Waals surface area (Å²) >= 11 is 0. The van der Waals surface area contributed by atoms with Crippen LogP contribution in [0.1, 0.15) is 27.0 Å². The molecule has 98 valence electrons. The van der Waals surface area contributed by atoms with Crippen molar-refractivity contribution >= 4 is 5.78 Å². The average molecular weight is 262 g/mol. The van der Waals surface area contributed by atoms with Crippen LogP contribution in [-0.4, -0.2) is 10.9 Å². The van der Waals surface area contributed by atoms with Crippen LogP contribution in [-0.2, 0) is 6.61 Å². The molecular weight excluding hydrogens is 250 g/mol. The van der Waals surface area contributed by atoms with E-state index in [1.54, 1.807) is 25.1 Å². The highest BCUT2D eigenvalue weighted by Crippen LogP contribution is 2.17. The van der Waals surface area contributed by atoms with Gasteiger partial charge in [-0.25, -0.2) is 8.78 Å². The first-order valence-corrected chi connectivity index (χ1v) is 5.73. The maximum absolute atomic E-state index is 13.1. The standard InChI is InChI=1S/C15H12F2O2/c1-9-6-10(2-3-12(9)8-18)15(19)11-4-5-13(16)14(17)7-11/h2-7,18H,8H2,1H3. The van der Waals surface area contributed by atoms with Crippen LogP contribution in [0.5, 0.6) is 0 Å². The van der Waals surface area contributed by atoms with E-state index in [0.29, 0.717) is 5.56 Å². The molecule has 1 N–H and O–H groups in total. The molecule has 0 aliphatic heterocycles. The van der Waals surface area contributed by atoms with Gasteiger partial charge >= 0.3 is 0 Å². The molecule has 0 amide bonds. The number of rotatable bonds is 3. The molecule has 2 rings (SSSR count). The Labute approximate surface area is 109 Å². The fourth-order valence-corrected chi connectivity index (χ4v) is 1.82. The predicted molar refractivity (Wildman–Crippen MR) is 66.9 cm³/mol. The van der Waals surface area contributed by atoms with Crippen molar-refractivity contribution in [3.8, 4) is 0 Å². The van der Waals surface area contributed by atoms with E-state index in [9.17, 15) is 13.6 Å². The summed E-state index contributed by atoms with van der Waals surface area (Å²) in [5, 5.41) is 9.06. The number of aliphatic hydroxyl groups excluding tert-OH is 1. The third kappa shape index (κ3) is 2.69. The monoisotopic (exact) mass is 262 g/mol. The van der Waals surface area contributed by atoms with Crippen LogP contribution in [0.4, 0.5) is 8.78 Å². The Hall–Kier alpha value is -2.07. The molecule has 19 heavy (non-hydrogen) atoms. The Morgan fingerprint density at radius 3 is 2.26 bits per heavy atom. The number of benzene rings is 2. The molecule has 0 atom stereocenters. The summed E-state index contributed by atoms with van der Waals surface area (Å²) in [6, 6.07) is 7.88. The third-order valence-electron chi connectivity index (χ3n) is 2.96. The van der Waals surface area contributed by atoms with E-state index < -0.39 is 11.6 Å². The highest BCUT2D eigenvalue weighted by atomic mass is 19.2. The molecule has 0 saturated heterocycles. The number of ketones is 1. The summed E-state index contributed by atoms with van der Waals surface area (Å²) in [6.07, 6.45) is 0. The maximum atomic E-state index is 13.1. The van der Waals surface area contributed by atoms with Crippen molar-refractivity contribution in [3.63, 3.8) is 0 Å². The zero-order valence-corrected chi connectivity index (χ0v) is 10.3. The van der Waals surface area contributed by atoms with Crippen LogP contribution in [0.2, 0.25) is 0 Å². The first kappa shape index (κ1) is 13.4. The molecule has 0 aliphatic rings. The Bertz CT molecular complexity index is 636. The van der Waals surface area contributed by atoms with Crippen molar-refractivity contribution < 1.29 is 18.7 Å². The molecule has 2 nitrogen and oxygen atoms in total. The van der Waals surface area contributed by atoms with E-state index in [0.717, 1.165) is 23.3 Å². The van der Waals surface area contributed by atoms with Crippen LogP contribution >= 0.6 is 0 Å². The molecule has 0 unspecified atom stereocenters. The van der Waals surface area contributed by atoms with Crippen molar-refractivity contribution in [2.24, 2.45) is 0 Å². The molecule has 4 heteroatoms. The Balaban J connectivity index is 2.38. The molecule has 0 bridgehead atoms. The molecule has 0 saturated carbocycles. The lowest BCUT2D eigenvalue weighted by Crippen LogP contribution is -2.04. The second-order valence-electron chi connectivity index (χ2n) is 4.26. The highest BCUT2D eigenvalue weighted by molar-refractivity contribution is 6.09. The van der Waals surface area contributed by atoms with Crippen LogP contribution in [0.25, 0.3) is 0 Å². The van der Waals surface area contributed by atoms with E-state index in [1.165, 1.54) is 6.07 Å². The summed E-state index contributed by atoms with van der Waals surface area (Å²) in [5.41, 5.74) is 1.97. The van der Waals surface area contributed by atoms with Gasteiger partial charge < -0.3 is 5.11 Å². The normalized spacial score (nSPS) is 10.5. The number of hydrogen-bond donors (Lipinski definition) is 1. The number of aryl methyl sites for hydroxylation is 1. The van der Waals surface area contributed by atoms with Crippen molar-refractivity contribution in [2.75, 3.05) is 0 Å². The molecule has 0 fully saturated rings. The molecule has 0 aromatic heterocycles. The summed E-state index contributed by atoms with van der Waals surface area (Å²) < 4.78 is 25.9. The molecule has 2 aromatic rings. The van der Waals surface area contributed by atoms with Crippen molar-refractivity contribution in [1.29, 1.82) is 0 Å². The number of carbonyl (C=O) groups is 1. The first-order chi connectivity index (χ1) is 9.02. The minimum atomic E-state index is -1.05. The van der Waals surface area contributed by atoms with Gasteiger partial charge in [0.25, 0.3) is 0 Å². The summed E-state index contributed by atoms with van der Waals surface area (Å²) in [4.78, 5) is 12.1. The lowest BCUT2D eigenvalue weighted by Gasteiger charge is -2.06. The molecule has 2 aromatic carbocycles. The van der Waals surface area contributed by atoms with Crippen molar-refractivity contribution in [3.05, 3.63) is 70.3 Å². The predicted octanol–water partition coefficient (Wildman–Crippen LogP) is 3.00. The van der Waals surface area contributed by atoms with Crippen LogP contribution in [0, 0.1) is 18.6 Å². The van der Waals surface area contributed by atoms with Gasteiger partial charge in [0.2, 0.25) is 0 Å². The quantitative estimate of drug-likeness (QED) is 0.863. The van der Waals surface area contributed by atoms with Gasteiger partial charge in [-0.05, 0) is 42.3 Å². The summed E-state index contributed by atoms with van der Waals surface area (Å²) in [6.45, 7) is 1.67. The molecule has 0 spiro atoms. The topological polar surface area (TPSA) is 37.3 Å². The SMILES string of the molecule is Cc1cc(C(=O)c2ccc(F)c(F)c2)ccc1CO. The van der Waals surface area contributed by atoms with Gasteiger partial charge in [-0.2, -0.15) is 0 Å². The largest absolute Gasteiger partial charge is 0.392 e. The first-order valence-electron chi connectivity index (χ1n) is 5.73. The lowest BCUT2D eigenvalue weighted by molar-refractivity contribution is 0.103. The number of halogens is 2. The zero-order valence-electron chi connectivity index (χ0n) is 10.3. The summed E-state index contributed by atoms with van der Waals surface area (Å²) in [7, 11) is 0. The van der Waals surface area contributed by atoms with E-state index in [1.807, 2.05) is 0 Å². The van der Waals surface area contributed by atoms with E-state index in [2.05, 4.69) is 0 Å². The Kier molecular flexibility index (Phi) is 3.71. The van der Waals surface area contributed by atoms with Crippen LogP contribution in [0.3, 0.4) is 0 Å². The lowest BCUT2D eigenvalue weighted by atomic mass is 9.99. The third-order valence-corrected chi connectivity index (χ3v) is 2.96.